The summed E-state index contributed by atoms with van der Waals surface area (Å²) in [4.78, 5) is 0. The van der Waals surface area contributed by atoms with Crippen molar-refractivity contribution in [1.29, 1.82) is 0 Å². The Labute approximate surface area is 383 Å². The van der Waals surface area contributed by atoms with E-state index in [4.69, 9.17) is 18.9 Å². The Morgan fingerprint density at radius 1 is 0.469 bits per heavy atom. The van der Waals surface area contributed by atoms with E-state index < -0.39 is 29.5 Å². The molecule has 0 bridgehead atoms. The van der Waals surface area contributed by atoms with Gasteiger partial charge in [0.05, 0.1) is 37.9 Å². The Morgan fingerprint density at radius 3 is 0.891 bits per heavy atom. The van der Waals surface area contributed by atoms with Crippen LogP contribution in [0.4, 0.5) is 0 Å². The molecule has 0 aromatic heterocycles. The number of methoxy groups -OCH3 is 4. The van der Waals surface area contributed by atoms with Crippen LogP contribution in [0.15, 0.2) is 122 Å². The first-order valence-electron chi connectivity index (χ1n) is 21.5. The average molecular weight is 923 g/mol. The molecule has 2 N–H and O–H groups in total. The third kappa shape index (κ3) is 15.2. The van der Waals surface area contributed by atoms with E-state index in [-0.39, 0.29) is 39.4 Å². The standard InChI is InChI=1S/2C25H35NO5S/c2*1-5-6-16-25(2,17-7-18-27)32(28,29)26(19-21-8-12-23(30-3)13-9-21)20-22-10-14-24(31-4)15-11-22/h2*5,8-15,27H,1,6-7,16-20H2,2-4H3/t2*25-/m10/s1. The fraction of sp³-hybridized carbons (Fsp3) is 0.440. The number of benzene rings is 4. The predicted molar refractivity (Wildman–Crippen MR) is 257 cm³/mol. The number of ether oxygens (including phenoxy) is 4. The second-order valence-corrected chi connectivity index (χ2v) is 21.1. The van der Waals surface area contributed by atoms with Gasteiger partial charge in [0.1, 0.15) is 23.0 Å². The van der Waals surface area contributed by atoms with Crippen LogP contribution in [0.25, 0.3) is 0 Å². The molecule has 12 nitrogen and oxygen atoms in total. The number of aliphatic hydroxyl groups is 2. The molecular weight excluding hydrogens is 853 g/mol. The van der Waals surface area contributed by atoms with Gasteiger partial charge in [-0.25, -0.2) is 16.8 Å². The molecule has 14 heteroatoms. The van der Waals surface area contributed by atoms with Crippen LogP contribution in [-0.2, 0) is 46.2 Å². The number of allylic oxidation sites excluding steroid dienone is 2. The van der Waals surface area contributed by atoms with Crippen molar-refractivity contribution in [3.8, 4) is 23.0 Å². The van der Waals surface area contributed by atoms with E-state index in [2.05, 4.69) is 13.2 Å². The Balaban J connectivity index is 0.000000340. The zero-order chi connectivity index (χ0) is 47.2. The van der Waals surface area contributed by atoms with Crippen molar-refractivity contribution in [2.24, 2.45) is 0 Å². The van der Waals surface area contributed by atoms with Crippen LogP contribution in [0.3, 0.4) is 0 Å². The van der Waals surface area contributed by atoms with Crippen molar-refractivity contribution in [3.05, 3.63) is 145 Å². The Kier molecular flexibility index (Phi) is 22.0. The quantitative estimate of drug-likeness (QED) is 0.0528. The maximum atomic E-state index is 14.0. The maximum Gasteiger partial charge on any atom is 0.220 e. The molecule has 4 rings (SSSR count). The summed E-state index contributed by atoms with van der Waals surface area (Å²) in [5.74, 6) is 2.88. The van der Waals surface area contributed by atoms with Crippen molar-refractivity contribution in [3.63, 3.8) is 0 Å². The van der Waals surface area contributed by atoms with Crippen LogP contribution < -0.4 is 18.9 Å². The Morgan fingerprint density at radius 2 is 0.703 bits per heavy atom. The molecule has 2 atom stereocenters. The molecule has 0 heterocycles. The summed E-state index contributed by atoms with van der Waals surface area (Å²) in [6.45, 7) is 11.9. The number of sulfonamides is 2. The van der Waals surface area contributed by atoms with E-state index >= 15 is 0 Å². The second-order valence-electron chi connectivity index (χ2n) is 16.1. The number of hydrogen-bond donors (Lipinski definition) is 2. The molecule has 0 spiro atoms. The van der Waals surface area contributed by atoms with Crippen molar-refractivity contribution in [1.82, 2.24) is 8.61 Å². The lowest BCUT2D eigenvalue weighted by Crippen LogP contribution is -2.46. The lowest BCUT2D eigenvalue weighted by atomic mass is 9.99. The third-order valence-electron chi connectivity index (χ3n) is 11.5. The average Bonchev–Trinajstić information content (AvgIpc) is 3.31. The molecule has 0 saturated heterocycles. The third-order valence-corrected chi connectivity index (χ3v) is 16.7. The largest absolute Gasteiger partial charge is 0.497 e. The van der Waals surface area contributed by atoms with E-state index in [9.17, 15) is 27.0 Å². The molecule has 0 amide bonds. The zero-order valence-corrected chi connectivity index (χ0v) is 40.2. The number of hydrogen-bond acceptors (Lipinski definition) is 10. The van der Waals surface area contributed by atoms with Gasteiger partial charge in [0.2, 0.25) is 20.0 Å². The van der Waals surface area contributed by atoms with Crippen molar-refractivity contribution in [2.75, 3.05) is 41.7 Å². The van der Waals surface area contributed by atoms with Crippen molar-refractivity contribution < 1.29 is 46.0 Å². The van der Waals surface area contributed by atoms with Gasteiger partial charge in [-0.2, -0.15) is 8.61 Å². The van der Waals surface area contributed by atoms with Gasteiger partial charge in [-0.05, 0) is 136 Å². The van der Waals surface area contributed by atoms with Crippen LogP contribution in [-0.4, -0.2) is 86.8 Å². The number of nitrogens with zero attached hydrogens (tertiary/aromatic N) is 2. The van der Waals surface area contributed by atoms with Gasteiger partial charge in [0.25, 0.3) is 0 Å². The van der Waals surface area contributed by atoms with Crippen LogP contribution in [0.1, 0.15) is 87.5 Å². The van der Waals surface area contributed by atoms with Gasteiger partial charge in [0.15, 0.2) is 0 Å². The van der Waals surface area contributed by atoms with E-state index in [1.807, 2.05) is 97.1 Å². The van der Waals surface area contributed by atoms with Gasteiger partial charge in [-0.15, -0.1) is 13.2 Å². The lowest BCUT2D eigenvalue weighted by Gasteiger charge is -2.35. The van der Waals surface area contributed by atoms with E-state index in [0.29, 0.717) is 51.4 Å². The van der Waals surface area contributed by atoms with Crippen molar-refractivity contribution in [2.45, 2.75) is 101 Å². The highest BCUT2D eigenvalue weighted by Crippen LogP contribution is 2.36. The summed E-state index contributed by atoms with van der Waals surface area (Å²) in [7, 11) is -1.05. The molecule has 4 aromatic rings. The van der Waals surface area contributed by atoms with Crippen LogP contribution in [0.5, 0.6) is 23.0 Å². The molecular formula is C50H70N2O10S2. The van der Waals surface area contributed by atoms with E-state index in [1.165, 1.54) is 8.61 Å². The molecule has 0 unspecified atom stereocenters. The fourth-order valence-electron chi connectivity index (χ4n) is 7.30. The molecule has 0 fully saturated rings. The van der Waals surface area contributed by atoms with Gasteiger partial charge in [0, 0.05) is 39.4 Å². The monoisotopic (exact) mass is 922 g/mol. The predicted octanol–water partition coefficient (Wildman–Crippen LogP) is 9.07. The first kappa shape index (κ1) is 53.6. The molecule has 64 heavy (non-hydrogen) atoms. The summed E-state index contributed by atoms with van der Waals surface area (Å²) in [6.07, 6.45) is 7.13. The summed E-state index contributed by atoms with van der Waals surface area (Å²) in [6, 6.07) is 29.7. The minimum absolute atomic E-state index is 0.0455. The van der Waals surface area contributed by atoms with Crippen LogP contribution >= 0.6 is 0 Å². The topological polar surface area (TPSA) is 152 Å². The molecule has 0 saturated carbocycles. The van der Waals surface area contributed by atoms with Gasteiger partial charge < -0.3 is 29.2 Å². The maximum absolute atomic E-state index is 14.0. The lowest BCUT2D eigenvalue weighted by molar-refractivity contribution is 0.271. The minimum atomic E-state index is -3.72. The first-order chi connectivity index (χ1) is 30.6. The molecule has 4 aromatic carbocycles. The highest BCUT2D eigenvalue weighted by atomic mass is 32.2. The van der Waals surface area contributed by atoms with E-state index in [1.54, 1.807) is 54.4 Å². The highest BCUT2D eigenvalue weighted by Gasteiger charge is 2.43. The number of aliphatic hydroxyl groups excluding tert-OH is 2. The summed E-state index contributed by atoms with van der Waals surface area (Å²) in [5.41, 5.74) is 3.49. The highest BCUT2D eigenvalue weighted by molar-refractivity contribution is 7.90. The van der Waals surface area contributed by atoms with Crippen LogP contribution in [0.2, 0.25) is 0 Å². The number of rotatable bonds is 28. The van der Waals surface area contributed by atoms with Gasteiger partial charge >= 0.3 is 0 Å². The molecule has 0 radical (unpaired) electrons. The summed E-state index contributed by atoms with van der Waals surface area (Å²) >= 11 is 0. The van der Waals surface area contributed by atoms with Gasteiger partial charge in [-0.3, -0.25) is 0 Å². The van der Waals surface area contributed by atoms with Crippen molar-refractivity contribution >= 4 is 20.0 Å². The molecule has 0 aliphatic heterocycles. The summed E-state index contributed by atoms with van der Waals surface area (Å²) < 4.78 is 77.9. The molecule has 0 aliphatic rings. The fourth-order valence-corrected chi connectivity index (χ4v) is 11.4. The molecule has 352 valence electrons. The smallest absolute Gasteiger partial charge is 0.220 e. The Hall–Kier alpha value is -4.70. The Bertz CT molecular complexity index is 1940. The zero-order valence-electron chi connectivity index (χ0n) is 38.6. The normalized spacial score (nSPS) is 13.5. The SMILES string of the molecule is C=CCC[C@@](C)(CCCO)S(=O)(=O)N(Cc1ccc(OC)cc1)Cc1ccc(OC)cc1.C=CCC[C@](C)(CCCO)S(=O)(=O)N(Cc1ccc(OC)cc1)Cc1ccc(OC)cc1. The van der Waals surface area contributed by atoms with E-state index in [0.717, 1.165) is 45.3 Å². The second kappa shape index (κ2) is 26.3. The summed E-state index contributed by atoms with van der Waals surface area (Å²) in [5, 5.41) is 18.8. The molecule has 0 aliphatic carbocycles. The first-order valence-corrected chi connectivity index (χ1v) is 24.4. The van der Waals surface area contributed by atoms with Gasteiger partial charge in [-0.1, -0.05) is 60.7 Å². The minimum Gasteiger partial charge on any atom is -0.497 e. The van der Waals surface area contributed by atoms with Crippen LogP contribution in [0, 0.1) is 0 Å².